The summed E-state index contributed by atoms with van der Waals surface area (Å²) in [7, 11) is 4.19. The maximum absolute atomic E-state index is 4.83. The standard InChI is InChI=1S/C25H34N8/c1-4-26-25(32(3)19-23-27-18-22(30-23)21-8-6-5-7-9-21)29-17-20-10-11-24(28-16-20)33-14-12-31(2)13-15-33/h5-11,16,18H,4,12-15,17,19H2,1-3H3,(H,26,29)(H,27,30). The highest BCUT2D eigenvalue weighted by Gasteiger charge is 2.15. The van der Waals surface area contributed by atoms with Gasteiger partial charge in [-0.15, -0.1) is 0 Å². The molecule has 8 heteroatoms. The van der Waals surface area contributed by atoms with E-state index < -0.39 is 0 Å². The van der Waals surface area contributed by atoms with Crippen molar-refractivity contribution in [3.8, 4) is 11.3 Å². The van der Waals surface area contributed by atoms with Crippen LogP contribution in [-0.4, -0.2) is 77.5 Å². The van der Waals surface area contributed by atoms with E-state index >= 15 is 0 Å². The summed E-state index contributed by atoms with van der Waals surface area (Å²) >= 11 is 0. The van der Waals surface area contributed by atoms with Crippen LogP contribution in [0.1, 0.15) is 18.3 Å². The molecule has 174 valence electrons. The lowest BCUT2D eigenvalue weighted by Gasteiger charge is -2.33. The largest absolute Gasteiger partial charge is 0.357 e. The number of aliphatic imine (C=N–C) groups is 1. The smallest absolute Gasteiger partial charge is 0.194 e. The predicted octanol–water partition coefficient (Wildman–Crippen LogP) is 2.82. The topological polar surface area (TPSA) is 75.7 Å². The van der Waals surface area contributed by atoms with E-state index in [9.17, 15) is 0 Å². The van der Waals surface area contributed by atoms with Crippen LogP contribution in [0.25, 0.3) is 11.3 Å². The molecule has 0 amide bonds. The highest BCUT2D eigenvalue weighted by molar-refractivity contribution is 5.79. The third-order valence-corrected chi connectivity index (χ3v) is 5.84. The molecule has 0 radical (unpaired) electrons. The average molecular weight is 447 g/mol. The second-order valence-electron chi connectivity index (χ2n) is 8.45. The maximum Gasteiger partial charge on any atom is 0.194 e. The predicted molar refractivity (Wildman–Crippen MR) is 134 cm³/mol. The Morgan fingerprint density at radius 2 is 1.85 bits per heavy atom. The normalized spacial score (nSPS) is 15.0. The lowest BCUT2D eigenvalue weighted by atomic mass is 10.2. The highest BCUT2D eigenvalue weighted by Crippen LogP contribution is 2.17. The van der Waals surface area contributed by atoms with Gasteiger partial charge in [-0.05, 0) is 31.2 Å². The summed E-state index contributed by atoms with van der Waals surface area (Å²) in [5.41, 5.74) is 3.25. The van der Waals surface area contributed by atoms with Gasteiger partial charge in [0.05, 0.1) is 25.0 Å². The fourth-order valence-corrected chi connectivity index (χ4v) is 3.88. The van der Waals surface area contributed by atoms with Crippen molar-refractivity contribution in [1.82, 2.24) is 30.1 Å². The molecular formula is C25H34N8. The monoisotopic (exact) mass is 446 g/mol. The summed E-state index contributed by atoms with van der Waals surface area (Å²) in [6.45, 7) is 8.30. The quantitative estimate of drug-likeness (QED) is 0.429. The highest BCUT2D eigenvalue weighted by atomic mass is 15.3. The fourth-order valence-electron chi connectivity index (χ4n) is 3.88. The average Bonchev–Trinajstić information content (AvgIpc) is 3.31. The van der Waals surface area contributed by atoms with Gasteiger partial charge in [-0.2, -0.15) is 0 Å². The number of piperazine rings is 1. The van der Waals surface area contributed by atoms with Crippen LogP contribution in [0.5, 0.6) is 0 Å². The van der Waals surface area contributed by atoms with Gasteiger partial charge in [0.25, 0.3) is 0 Å². The van der Waals surface area contributed by atoms with Gasteiger partial charge >= 0.3 is 0 Å². The Morgan fingerprint density at radius 1 is 1.06 bits per heavy atom. The third kappa shape index (κ3) is 6.10. The number of nitrogens with one attached hydrogen (secondary N) is 2. The number of aromatic amines is 1. The van der Waals surface area contributed by atoms with Gasteiger partial charge in [-0.3, -0.25) is 0 Å². The molecule has 8 nitrogen and oxygen atoms in total. The van der Waals surface area contributed by atoms with Crippen LogP contribution in [0.2, 0.25) is 0 Å². The minimum absolute atomic E-state index is 0.579. The number of guanidine groups is 1. The first-order valence-electron chi connectivity index (χ1n) is 11.6. The molecule has 3 heterocycles. The summed E-state index contributed by atoms with van der Waals surface area (Å²) in [5, 5.41) is 3.38. The van der Waals surface area contributed by atoms with Crippen molar-refractivity contribution in [2.24, 2.45) is 4.99 Å². The second kappa shape index (κ2) is 11.0. The van der Waals surface area contributed by atoms with Crippen molar-refractivity contribution >= 4 is 11.8 Å². The van der Waals surface area contributed by atoms with Crippen molar-refractivity contribution in [3.05, 3.63) is 66.2 Å². The lowest BCUT2D eigenvalue weighted by molar-refractivity contribution is 0.312. The molecule has 0 saturated carbocycles. The Bertz CT molecular complexity index is 1020. The van der Waals surface area contributed by atoms with Gasteiger partial charge < -0.3 is 25.0 Å². The zero-order chi connectivity index (χ0) is 23.0. The molecule has 1 fully saturated rings. The van der Waals surface area contributed by atoms with Crippen LogP contribution in [0.3, 0.4) is 0 Å². The Morgan fingerprint density at radius 3 is 2.55 bits per heavy atom. The van der Waals surface area contributed by atoms with Crippen molar-refractivity contribution < 1.29 is 0 Å². The summed E-state index contributed by atoms with van der Waals surface area (Å²) in [5.74, 6) is 2.80. The molecule has 4 rings (SSSR count). The maximum atomic E-state index is 4.83. The molecule has 1 saturated heterocycles. The summed E-state index contributed by atoms with van der Waals surface area (Å²) in [6, 6.07) is 14.5. The first-order chi connectivity index (χ1) is 16.1. The van der Waals surface area contributed by atoms with E-state index in [1.807, 2.05) is 37.6 Å². The van der Waals surface area contributed by atoms with Crippen LogP contribution in [0.4, 0.5) is 5.82 Å². The first-order valence-corrected chi connectivity index (χ1v) is 11.6. The molecule has 0 aliphatic carbocycles. The minimum atomic E-state index is 0.579. The Hall–Kier alpha value is -3.39. The molecule has 1 aliphatic heterocycles. The number of H-pyrrole nitrogens is 1. The van der Waals surface area contributed by atoms with E-state index in [4.69, 9.17) is 4.99 Å². The van der Waals surface area contributed by atoms with E-state index in [2.05, 4.69) is 73.2 Å². The number of likely N-dealkylation sites (N-methyl/N-ethyl adjacent to an activating group) is 1. The van der Waals surface area contributed by atoms with Crippen molar-refractivity contribution in [2.75, 3.05) is 51.7 Å². The molecule has 1 aliphatic rings. The van der Waals surface area contributed by atoms with Crippen LogP contribution in [-0.2, 0) is 13.1 Å². The lowest BCUT2D eigenvalue weighted by Crippen LogP contribution is -2.44. The van der Waals surface area contributed by atoms with E-state index in [0.29, 0.717) is 13.1 Å². The number of imidazole rings is 1. The molecule has 0 bridgehead atoms. The summed E-state index contributed by atoms with van der Waals surface area (Å²) in [4.78, 5) is 24.3. The molecule has 33 heavy (non-hydrogen) atoms. The fraction of sp³-hybridized carbons (Fsp3) is 0.400. The van der Waals surface area contributed by atoms with Gasteiger partial charge in [-0.1, -0.05) is 36.4 Å². The summed E-state index contributed by atoms with van der Waals surface area (Å²) in [6.07, 6.45) is 3.83. The zero-order valence-electron chi connectivity index (χ0n) is 19.8. The van der Waals surface area contributed by atoms with Gasteiger partial charge in [0.1, 0.15) is 11.6 Å². The number of pyridine rings is 1. The Labute approximate surface area is 196 Å². The molecule has 0 unspecified atom stereocenters. The number of anilines is 1. The van der Waals surface area contributed by atoms with Gasteiger partial charge in [0.15, 0.2) is 5.96 Å². The zero-order valence-corrected chi connectivity index (χ0v) is 19.8. The number of aromatic nitrogens is 3. The molecule has 0 atom stereocenters. The van der Waals surface area contributed by atoms with Crippen molar-refractivity contribution in [2.45, 2.75) is 20.0 Å². The Balaban J connectivity index is 1.37. The van der Waals surface area contributed by atoms with E-state index in [1.54, 1.807) is 0 Å². The number of nitrogens with zero attached hydrogens (tertiary/aromatic N) is 6. The van der Waals surface area contributed by atoms with Gasteiger partial charge in [-0.25, -0.2) is 15.0 Å². The Kier molecular flexibility index (Phi) is 7.57. The second-order valence-corrected chi connectivity index (χ2v) is 8.45. The molecular weight excluding hydrogens is 412 g/mol. The van der Waals surface area contributed by atoms with Gasteiger partial charge in [0, 0.05) is 46.0 Å². The van der Waals surface area contributed by atoms with Crippen LogP contribution < -0.4 is 10.2 Å². The van der Waals surface area contributed by atoms with E-state index in [0.717, 1.165) is 67.1 Å². The minimum Gasteiger partial charge on any atom is -0.357 e. The molecule has 2 aromatic heterocycles. The van der Waals surface area contributed by atoms with Crippen molar-refractivity contribution in [1.29, 1.82) is 0 Å². The number of hydrogen-bond acceptors (Lipinski definition) is 5. The molecule has 3 aromatic rings. The van der Waals surface area contributed by atoms with Crippen molar-refractivity contribution in [3.63, 3.8) is 0 Å². The molecule has 2 N–H and O–H groups in total. The first kappa shape index (κ1) is 22.8. The number of hydrogen-bond donors (Lipinski definition) is 2. The van der Waals surface area contributed by atoms with E-state index in [-0.39, 0.29) is 0 Å². The molecule has 1 aromatic carbocycles. The third-order valence-electron chi connectivity index (χ3n) is 5.84. The van der Waals surface area contributed by atoms with Gasteiger partial charge in [0.2, 0.25) is 0 Å². The van der Waals surface area contributed by atoms with Crippen LogP contribution in [0, 0.1) is 0 Å². The van der Waals surface area contributed by atoms with Crippen LogP contribution >= 0.6 is 0 Å². The van der Waals surface area contributed by atoms with E-state index in [1.165, 1.54) is 0 Å². The number of rotatable bonds is 7. The number of benzene rings is 1. The van der Waals surface area contributed by atoms with Crippen LogP contribution in [0.15, 0.2) is 59.9 Å². The molecule has 0 spiro atoms. The SMILES string of the molecule is CCNC(=NCc1ccc(N2CCN(C)CC2)nc1)N(C)Cc1ncc(-c2ccccc2)[nH]1. The summed E-state index contributed by atoms with van der Waals surface area (Å²) < 4.78 is 0.